The van der Waals surface area contributed by atoms with Crippen LogP contribution in [0, 0.1) is 0 Å². The number of para-hydroxylation sites is 4. The van der Waals surface area contributed by atoms with Crippen LogP contribution in [0.5, 0.6) is 0 Å². The monoisotopic (exact) mass is 1350 g/mol. The van der Waals surface area contributed by atoms with Gasteiger partial charge in [0.15, 0.2) is 34.9 Å². The standard InChI is InChI=1S/C90H50N8OS3/c1-4-22-51(23-5-1)85-92-88(94-89(93-85)56-44-45-72-62(49-56)80-75(100-72)46-47-76-82(80)81-70(40-21-43-74(81)101-76)98-67-37-16-12-32-59(67)60-33-13-17-38-68(60)98)55-29-18-28-54(48-55)77-83-63(50-64-79-69(39-20-42-73(79)102-84(64)77)97-65-35-14-10-30-57(65)58-31-11-15-36-66(58)97)78-61(34-19-41-71(78)99-83)90-95-86(52-24-6-2-7-25-52)91-87(96-90)53-26-8-3-9-27-53/h1-50H. The van der Waals surface area contributed by atoms with Gasteiger partial charge in [0.25, 0.3) is 0 Å². The van der Waals surface area contributed by atoms with E-state index in [0.717, 1.165) is 97.8 Å². The second-order valence-corrected chi connectivity index (χ2v) is 29.2. The molecule has 12 heteroatoms. The summed E-state index contributed by atoms with van der Waals surface area (Å²) in [5.74, 6) is 3.43. The van der Waals surface area contributed by atoms with E-state index in [0.29, 0.717) is 40.5 Å². The first kappa shape index (κ1) is 57.1. The predicted octanol–water partition coefficient (Wildman–Crippen LogP) is 24.9. The lowest BCUT2D eigenvalue weighted by Crippen LogP contribution is -2.00. The van der Waals surface area contributed by atoms with E-state index in [9.17, 15) is 0 Å². The third-order valence-corrected chi connectivity index (χ3v) is 23.7. The second-order valence-electron chi connectivity index (χ2n) is 25.9. The highest BCUT2D eigenvalue weighted by Gasteiger charge is 2.28. The van der Waals surface area contributed by atoms with Gasteiger partial charge < -0.3 is 13.6 Å². The molecule has 474 valence electrons. The zero-order valence-corrected chi connectivity index (χ0v) is 56.5. The Kier molecular flexibility index (Phi) is 12.5. The van der Waals surface area contributed by atoms with E-state index in [1.54, 1.807) is 11.3 Å². The molecular formula is C90H50N8OS3. The Balaban J connectivity index is 0.766. The van der Waals surface area contributed by atoms with Crippen molar-refractivity contribution in [1.82, 2.24) is 39.0 Å². The topological polar surface area (TPSA) is 100 Å². The minimum absolute atomic E-state index is 0.546. The molecule has 0 spiro atoms. The molecule has 0 bridgehead atoms. The van der Waals surface area contributed by atoms with Gasteiger partial charge in [0, 0.05) is 132 Å². The normalized spacial score (nSPS) is 12.1. The van der Waals surface area contributed by atoms with Crippen LogP contribution < -0.4 is 0 Å². The Labute approximate surface area is 593 Å². The number of aromatic nitrogens is 8. The molecule has 9 nitrogen and oxygen atoms in total. The highest BCUT2D eigenvalue weighted by Crippen LogP contribution is 2.52. The van der Waals surface area contributed by atoms with Crippen LogP contribution >= 0.6 is 34.0 Å². The molecule has 22 aromatic rings. The van der Waals surface area contributed by atoms with Gasteiger partial charge in [-0.15, -0.1) is 34.0 Å². The Morgan fingerprint density at radius 1 is 0.245 bits per heavy atom. The zero-order chi connectivity index (χ0) is 66.7. The van der Waals surface area contributed by atoms with Crippen molar-refractivity contribution < 1.29 is 4.42 Å². The lowest BCUT2D eigenvalue weighted by Gasteiger charge is -2.12. The van der Waals surface area contributed by atoms with E-state index in [1.165, 1.54) is 78.6 Å². The molecule has 0 fully saturated rings. The van der Waals surface area contributed by atoms with Crippen LogP contribution in [-0.2, 0) is 0 Å². The van der Waals surface area contributed by atoms with Crippen molar-refractivity contribution in [3.05, 3.63) is 303 Å². The Bertz CT molecular complexity index is 7100. The molecule has 8 aromatic heterocycles. The molecule has 0 aliphatic carbocycles. The number of hydrogen-bond donors (Lipinski definition) is 0. The van der Waals surface area contributed by atoms with E-state index in [-0.39, 0.29) is 0 Å². The zero-order valence-electron chi connectivity index (χ0n) is 54.1. The molecule has 0 radical (unpaired) electrons. The van der Waals surface area contributed by atoms with Crippen LogP contribution in [0.3, 0.4) is 0 Å². The molecule has 0 atom stereocenters. The summed E-state index contributed by atoms with van der Waals surface area (Å²) in [6, 6.07) is 108. The summed E-state index contributed by atoms with van der Waals surface area (Å²) in [6.45, 7) is 0. The number of hydrogen-bond acceptors (Lipinski definition) is 10. The van der Waals surface area contributed by atoms with Crippen molar-refractivity contribution in [2.75, 3.05) is 0 Å². The lowest BCUT2D eigenvalue weighted by molar-refractivity contribution is 0.670. The van der Waals surface area contributed by atoms with Crippen molar-refractivity contribution in [2.45, 2.75) is 0 Å². The van der Waals surface area contributed by atoms with Gasteiger partial charge in [0.2, 0.25) is 0 Å². The fraction of sp³-hybridized carbons (Fsp3) is 0. The quantitative estimate of drug-likeness (QED) is 0.142. The van der Waals surface area contributed by atoms with Gasteiger partial charge in [0.1, 0.15) is 11.2 Å². The molecule has 14 aromatic carbocycles. The average Bonchev–Trinajstić information content (AvgIpc) is 1.55. The van der Waals surface area contributed by atoms with Crippen molar-refractivity contribution in [1.29, 1.82) is 0 Å². The summed E-state index contributed by atoms with van der Waals surface area (Å²) in [5, 5.41) is 13.9. The molecule has 102 heavy (non-hydrogen) atoms. The second kappa shape index (κ2) is 22.3. The van der Waals surface area contributed by atoms with Crippen LogP contribution in [0.4, 0.5) is 0 Å². The SMILES string of the molecule is c1ccc(-c2nc(-c3cccc(-c4c5oc6cccc(-c7nc(-c8ccccc8)nc(-c8ccccc8)n7)c6c5cc5c4sc4cccc(-n6c7ccccc7c7ccccc76)c45)c3)nc(-c3ccc4sc5ccc6sc7cccc(-n8c9ccccc9c9ccccc98)c7c6c5c4c3)n2)cc1. The maximum atomic E-state index is 7.40. The summed E-state index contributed by atoms with van der Waals surface area (Å²) in [5.41, 5.74) is 15.6. The predicted molar refractivity (Wildman–Crippen MR) is 426 cm³/mol. The molecule has 8 heterocycles. The first-order valence-electron chi connectivity index (χ1n) is 34.0. The van der Waals surface area contributed by atoms with Crippen molar-refractivity contribution in [3.63, 3.8) is 0 Å². The number of thiophene rings is 3. The molecule has 0 unspecified atom stereocenters. The molecule has 22 rings (SSSR count). The Hall–Kier alpha value is -12.8. The van der Waals surface area contributed by atoms with Gasteiger partial charge in [0.05, 0.1) is 33.4 Å². The fourth-order valence-corrected chi connectivity index (χ4v) is 19.3. The van der Waals surface area contributed by atoms with E-state index in [1.807, 2.05) is 108 Å². The van der Waals surface area contributed by atoms with Crippen molar-refractivity contribution >= 4 is 160 Å². The van der Waals surface area contributed by atoms with Crippen LogP contribution in [0.15, 0.2) is 308 Å². The van der Waals surface area contributed by atoms with Gasteiger partial charge in [-0.25, -0.2) is 29.9 Å². The fourth-order valence-electron chi connectivity index (χ4n) is 15.8. The van der Waals surface area contributed by atoms with Crippen molar-refractivity contribution in [3.8, 4) is 90.8 Å². The molecule has 0 aliphatic heterocycles. The maximum Gasteiger partial charge on any atom is 0.164 e. The number of rotatable bonds is 9. The summed E-state index contributed by atoms with van der Waals surface area (Å²) < 4.78 is 19.5. The highest BCUT2D eigenvalue weighted by atomic mass is 32.1. The van der Waals surface area contributed by atoms with Crippen molar-refractivity contribution in [2.24, 2.45) is 0 Å². The smallest absolute Gasteiger partial charge is 0.164 e. The van der Waals surface area contributed by atoms with Gasteiger partial charge in [-0.1, -0.05) is 206 Å². The third kappa shape index (κ3) is 8.67. The van der Waals surface area contributed by atoms with Gasteiger partial charge in [-0.2, -0.15) is 0 Å². The molecule has 0 aliphatic rings. The van der Waals surface area contributed by atoms with Crippen LogP contribution in [0.25, 0.3) is 217 Å². The first-order chi connectivity index (χ1) is 50.6. The molecule has 0 amide bonds. The lowest BCUT2D eigenvalue weighted by atomic mass is 9.96. The van der Waals surface area contributed by atoms with E-state index in [2.05, 4.69) is 228 Å². The average molecular weight is 1360 g/mol. The number of benzene rings is 14. The van der Waals surface area contributed by atoms with Gasteiger partial charge in [-0.05, 0) is 103 Å². The summed E-state index contributed by atoms with van der Waals surface area (Å²) in [4.78, 5) is 32.1. The minimum Gasteiger partial charge on any atom is -0.455 e. The minimum atomic E-state index is 0.546. The van der Waals surface area contributed by atoms with Crippen LogP contribution in [-0.4, -0.2) is 39.0 Å². The Morgan fingerprint density at radius 3 is 1.24 bits per heavy atom. The molecule has 0 saturated heterocycles. The molecular weight excluding hydrogens is 1310 g/mol. The van der Waals surface area contributed by atoms with E-state index in [4.69, 9.17) is 34.3 Å². The third-order valence-electron chi connectivity index (χ3n) is 20.2. The van der Waals surface area contributed by atoms with Gasteiger partial charge in [-0.3, -0.25) is 0 Å². The highest BCUT2D eigenvalue weighted by molar-refractivity contribution is 7.28. The van der Waals surface area contributed by atoms with Gasteiger partial charge >= 0.3 is 0 Å². The largest absolute Gasteiger partial charge is 0.455 e. The van der Waals surface area contributed by atoms with E-state index >= 15 is 0 Å². The maximum absolute atomic E-state index is 7.40. The summed E-state index contributed by atoms with van der Waals surface area (Å²) in [7, 11) is 0. The van der Waals surface area contributed by atoms with Crippen LogP contribution in [0.2, 0.25) is 0 Å². The Morgan fingerprint density at radius 2 is 0.667 bits per heavy atom. The molecule has 0 N–H and O–H groups in total. The number of fused-ring (bicyclic) bond motifs is 19. The van der Waals surface area contributed by atoms with E-state index < -0.39 is 0 Å². The number of furan rings is 1. The van der Waals surface area contributed by atoms with Crippen LogP contribution in [0.1, 0.15) is 0 Å². The summed E-state index contributed by atoms with van der Waals surface area (Å²) in [6.07, 6.45) is 0. The number of nitrogens with zero attached hydrogens (tertiary/aromatic N) is 8. The molecule has 0 saturated carbocycles. The summed E-state index contributed by atoms with van der Waals surface area (Å²) >= 11 is 5.48. The first-order valence-corrected chi connectivity index (χ1v) is 36.4.